The van der Waals surface area contributed by atoms with E-state index in [1.54, 1.807) is 11.8 Å². The van der Waals surface area contributed by atoms with Crippen LogP contribution in [0, 0.1) is 6.92 Å². The SMILES string of the molecule is CCNCc1ccc(Sc2ccc(C)cc2)c(Br)c1. The molecule has 0 amide bonds. The number of rotatable bonds is 5. The molecule has 2 rings (SSSR count). The Morgan fingerprint density at radius 3 is 2.47 bits per heavy atom. The Bertz CT molecular complexity index is 537. The Balaban J connectivity index is 2.10. The zero-order valence-corrected chi connectivity index (χ0v) is 13.6. The van der Waals surface area contributed by atoms with Crippen molar-refractivity contribution in [3.8, 4) is 0 Å². The van der Waals surface area contributed by atoms with Crippen molar-refractivity contribution in [2.75, 3.05) is 6.54 Å². The largest absolute Gasteiger partial charge is 0.313 e. The molecule has 1 nitrogen and oxygen atoms in total. The molecular weight excluding hydrogens is 318 g/mol. The molecule has 0 unspecified atom stereocenters. The van der Waals surface area contributed by atoms with Gasteiger partial charge in [-0.05, 0) is 59.2 Å². The predicted molar refractivity (Wildman–Crippen MR) is 86.8 cm³/mol. The molecule has 0 bridgehead atoms. The van der Waals surface area contributed by atoms with Crippen LogP contribution in [-0.4, -0.2) is 6.54 Å². The molecule has 0 aliphatic heterocycles. The molecule has 0 radical (unpaired) electrons. The second-order valence-electron chi connectivity index (χ2n) is 4.46. The van der Waals surface area contributed by atoms with Crippen molar-refractivity contribution in [2.45, 2.75) is 30.2 Å². The lowest BCUT2D eigenvalue weighted by Crippen LogP contribution is -2.11. The first-order chi connectivity index (χ1) is 9.19. The van der Waals surface area contributed by atoms with Crippen molar-refractivity contribution in [3.63, 3.8) is 0 Å². The van der Waals surface area contributed by atoms with Crippen LogP contribution in [0.5, 0.6) is 0 Å². The van der Waals surface area contributed by atoms with Gasteiger partial charge in [0.05, 0.1) is 0 Å². The second kappa shape index (κ2) is 7.13. The normalized spacial score (nSPS) is 10.7. The van der Waals surface area contributed by atoms with Crippen molar-refractivity contribution in [2.24, 2.45) is 0 Å². The van der Waals surface area contributed by atoms with Crippen LogP contribution < -0.4 is 5.32 Å². The van der Waals surface area contributed by atoms with Crippen LogP contribution in [0.1, 0.15) is 18.1 Å². The summed E-state index contributed by atoms with van der Waals surface area (Å²) in [7, 11) is 0. The summed E-state index contributed by atoms with van der Waals surface area (Å²) >= 11 is 5.45. The van der Waals surface area contributed by atoms with Crippen molar-refractivity contribution >= 4 is 27.7 Å². The van der Waals surface area contributed by atoms with E-state index in [-0.39, 0.29) is 0 Å². The number of nitrogens with one attached hydrogen (secondary N) is 1. The van der Waals surface area contributed by atoms with Gasteiger partial charge >= 0.3 is 0 Å². The Labute approximate surface area is 127 Å². The molecule has 2 aromatic rings. The van der Waals surface area contributed by atoms with E-state index in [2.05, 4.69) is 77.6 Å². The summed E-state index contributed by atoms with van der Waals surface area (Å²) < 4.78 is 1.16. The smallest absolute Gasteiger partial charge is 0.0318 e. The molecule has 0 aliphatic carbocycles. The zero-order chi connectivity index (χ0) is 13.7. The van der Waals surface area contributed by atoms with Crippen LogP contribution in [0.4, 0.5) is 0 Å². The third kappa shape index (κ3) is 4.37. The number of benzene rings is 2. The quantitative estimate of drug-likeness (QED) is 0.823. The van der Waals surface area contributed by atoms with Gasteiger partial charge in [-0.3, -0.25) is 0 Å². The van der Waals surface area contributed by atoms with E-state index in [1.807, 2.05) is 0 Å². The van der Waals surface area contributed by atoms with Crippen LogP contribution >= 0.6 is 27.7 Å². The van der Waals surface area contributed by atoms with Crippen LogP contribution in [0.25, 0.3) is 0 Å². The van der Waals surface area contributed by atoms with E-state index in [1.165, 1.54) is 20.9 Å². The molecule has 0 saturated carbocycles. The predicted octanol–water partition coefficient (Wildman–Crippen LogP) is 5.02. The van der Waals surface area contributed by atoms with Gasteiger partial charge in [0.25, 0.3) is 0 Å². The van der Waals surface area contributed by atoms with Crippen LogP contribution in [0.3, 0.4) is 0 Å². The van der Waals surface area contributed by atoms with Crippen molar-refractivity contribution < 1.29 is 0 Å². The first-order valence-corrected chi connectivity index (χ1v) is 8.03. The van der Waals surface area contributed by atoms with Gasteiger partial charge in [-0.1, -0.05) is 42.4 Å². The number of halogens is 1. The molecule has 2 aromatic carbocycles. The molecular formula is C16H18BrNS. The van der Waals surface area contributed by atoms with Gasteiger partial charge < -0.3 is 5.32 Å². The summed E-state index contributed by atoms with van der Waals surface area (Å²) in [5.74, 6) is 0. The fourth-order valence-electron chi connectivity index (χ4n) is 1.74. The van der Waals surface area contributed by atoms with Gasteiger partial charge in [-0.25, -0.2) is 0 Å². The van der Waals surface area contributed by atoms with E-state index in [0.29, 0.717) is 0 Å². The molecule has 0 aromatic heterocycles. The lowest BCUT2D eigenvalue weighted by molar-refractivity contribution is 0.726. The lowest BCUT2D eigenvalue weighted by Gasteiger charge is -2.08. The Hall–Kier alpha value is -0.770. The average Bonchev–Trinajstić information content (AvgIpc) is 2.41. The molecule has 0 aliphatic rings. The highest BCUT2D eigenvalue weighted by atomic mass is 79.9. The molecule has 0 fully saturated rings. The maximum absolute atomic E-state index is 3.66. The van der Waals surface area contributed by atoms with Gasteiger partial charge in [-0.15, -0.1) is 0 Å². The second-order valence-corrected chi connectivity index (χ2v) is 6.43. The van der Waals surface area contributed by atoms with E-state index in [9.17, 15) is 0 Å². The number of aryl methyl sites for hydroxylation is 1. The van der Waals surface area contributed by atoms with E-state index >= 15 is 0 Å². The fraction of sp³-hybridized carbons (Fsp3) is 0.250. The Kier molecular flexibility index (Phi) is 5.49. The highest BCUT2D eigenvalue weighted by molar-refractivity contribution is 9.10. The molecule has 0 heterocycles. The third-order valence-electron chi connectivity index (χ3n) is 2.82. The van der Waals surface area contributed by atoms with Gasteiger partial charge in [0.2, 0.25) is 0 Å². The minimum atomic E-state index is 0.921. The van der Waals surface area contributed by atoms with Gasteiger partial charge in [0, 0.05) is 20.8 Å². The Morgan fingerprint density at radius 1 is 1.11 bits per heavy atom. The van der Waals surface area contributed by atoms with E-state index in [4.69, 9.17) is 0 Å². The zero-order valence-electron chi connectivity index (χ0n) is 11.2. The van der Waals surface area contributed by atoms with E-state index in [0.717, 1.165) is 17.6 Å². The number of hydrogen-bond acceptors (Lipinski definition) is 2. The summed E-state index contributed by atoms with van der Waals surface area (Å²) in [6.45, 7) is 6.15. The van der Waals surface area contributed by atoms with Crippen molar-refractivity contribution in [1.82, 2.24) is 5.32 Å². The standard InChI is InChI=1S/C16H18BrNS/c1-3-18-11-13-6-9-16(15(17)10-13)19-14-7-4-12(2)5-8-14/h4-10,18H,3,11H2,1-2H3. The minimum Gasteiger partial charge on any atom is -0.313 e. The molecule has 100 valence electrons. The monoisotopic (exact) mass is 335 g/mol. The molecule has 1 N–H and O–H groups in total. The fourth-order valence-corrected chi connectivity index (χ4v) is 3.23. The van der Waals surface area contributed by atoms with Gasteiger partial charge in [-0.2, -0.15) is 0 Å². The van der Waals surface area contributed by atoms with E-state index < -0.39 is 0 Å². The van der Waals surface area contributed by atoms with Crippen molar-refractivity contribution in [3.05, 3.63) is 58.1 Å². The van der Waals surface area contributed by atoms with Crippen LogP contribution in [0.15, 0.2) is 56.7 Å². The average molecular weight is 336 g/mol. The summed E-state index contributed by atoms with van der Waals surface area (Å²) in [5.41, 5.74) is 2.60. The summed E-state index contributed by atoms with van der Waals surface area (Å²) in [4.78, 5) is 2.52. The molecule has 0 saturated heterocycles. The van der Waals surface area contributed by atoms with Gasteiger partial charge in [0.1, 0.15) is 0 Å². The highest BCUT2D eigenvalue weighted by Gasteiger charge is 2.04. The summed E-state index contributed by atoms with van der Waals surface area (Å²) in [6, 6.07) is 15.2. The molecule has 3 heteroatoms. The minimum absolute atomic E-state index is 0.921. The van der Waals surface area contributed by atoms with Crippen LogP contribution in [-0.2, 0) is 6.54 Å². The molecule has 19 heavy (non-hydrogen) atoms. The topological polar surface area (TPSA) is 12.0 Å². The highest BCUT2D eigenvalue weighted by Crippen LogP contribution is 2.34. The van der Waals surface area contributed by atoms with Crippen molar-refractivity contribution in [1.29, 1.82) is 0 Å². The first-order valence-electron chi connectivity index (χ1n) is 6.42. The van der Waals surface area contributed by atoms with Gasteiger partial charge in [0.15, 0.2) is 0 Å². The maximum atomic E-state index is 3.66. The molecule has 0 spiro atoms. The van der Waals surface area contributed by atoms with Crippen LogP contribution in [0.2, 0.25) is 0 Å². The maximum Gasteiger partial charge on any atom is 0.0318 e. The number of hydrogen-bond donors (Lipinski definition) is 1. The third-order valence-corrected chi connectivity index (χ3v) is 4.83. The summed E-state index contributed by atoms with van der Waals surface area (Å²) in [6.07, 6.45) is 0. The Morgan fingerprint density at radius 2 is 1.84 bits per heavy atom. The lowest BCUT2D eigenvalue weighted by atomic mass is 10.2. The molecule has 0 atom stereocenters. The first kappa shape index (κ1) is 14.6. The summed E-state index contributed by atoms with van der Waals surface area (Å²) in [5, 5.41) is 3.34.